The Bertz CT molecular complexity index is 476. The van der Waals surface area contributed by atoms with E-state index in [1.54, 1.807) is 12.3 Å². The van der Waals surface area contributed by atoms with Crippen molar-refractivity contribution in [3.8, 4) is 0 Å². The highest BCUT2D eigenvalue weighted by molar-refractivity contribution is 9.10. The van der Waals surface area contributed by atoms with Gasteiger partial charge < -0.3 is 10.6 Å². The number of carbonyl (C=O) groups is 2. The van der Waals surface area contributed by atoms with Crippen LogP contribution < -0.4 is 10.6 Å². The smallest absolute Gasteiger partial charge is 0.248 e. The van der Waals surface area contributed by atoms with Gasteiger partial charge in [-0.3, -0.25) is 9.59 Å². The summed E-state index contributed by atoms with van der Waals surface area (Å²) in [6.45, 7) is 1.92. The highest BCUT2D eigenvalue weighted by Gasteiger charge is 2.27. The van der Waals surface area contributed by atoms with Gasteiger partial charge in [-0.05, 0) is 40.9 Å². The molecular weight excluding hydrogens is 286 g/mol. The molecule has 5 nitrogen and oxygen atoms in total. The standard InChI is InChI=1S/C11H12BrN3O2/c1-6-4-9(13-5-7(6)12)15-11(17)8-2-3-10(16)14-8/h4-5,8H,2-3H2,1H3,(H,14,16)(H,13,15,17). The summed E-state index contributed by atoms with van der Waals surface area (Å²) in [5.74, 6) is 0.201. The summed E-state index contributed by atoms with van der Waals surface area (Å²) in [5.41, 5.74) is 0.991. The van der Waals surface area contributed by atoms with Crippen LogP contribution in [0, 0.1) is 6.92 Å². The third-order valence-electron chi connectivity index (χ3n) is 2.61. The normalized spacial score (nSPS) is 18.9. The average Bonchev–Trinajstić information content (AvgIpc) is 2.70. The molecule has 1 fully saturated rings. The minimum Gasteiger partial charge on any atom is -0.344 e. The lowest BCUT2D eigenvalue weighted by Crippen LogP contribution is -2.37. The summed E-state index contributed by atoms with van der Waals surface area (Å²) >= 11 is 3.34. The molecule has 0 saturated carbocycles. The largest absolute Gasteiger partial charge is 0.344 e. The lowest BCUT2D eigenvalue weighted by molar-refractivity contribution is -0.122. The Morgan fingerprint density at radius 2 is 2.41 bits per heavy atom. The summed E-state index contributed by atoms with van der Waals surface area (Å²) in [6.07, 6.45) is 2.59. The number of carbonyl (C=O) groups excluding carboxylic acids is 2. The maximum absolute atomic E-state index is 11.8. The van der Waals surface area contributed by atoms with E-state index in [0.29, 0.717) is 18.7 Å². The van der Waals surface area contributed by atoms with Crippen LogP contribution in [0.25, 0.3) is 0 Å². The van der Waals surface area contributed by atoms with Gasteiger partial charge in [0, 0.05) is 17.1 Å². The molecule has 0 bridgehead atoms. The van der Waals surface area contributed by atoms with Crippen molar-refractivity contribution in [2.75, 3.05) is 5.32 Å². The molecule has 0 radical (unpaired) electrons. The first-order chi connectivity index (χ1) is 8.06. The molecule has 0 spiro atoms. The molecule has 1 atom stereocenters. The van der Waals surface area contributed by atoms with Crippen LogP contribution in [0.4, 0.5) is 5.82 Å². The second-order valence-corrected chi connectivity index (χ2v) is 4.82. The minimum absolute atomic E-state index is 0.0786. The number of hydrogen-bond donors (Lipinski definition) is 2. The van der Waals surface area contributed by atoms with Crippen molar-refractivity contribution >= 4 is 33.6 Å². The van der Waals surface area contributed by atoms with Gasteiger partial charge in [0.05, 0.1) is 0 Å². The maximum atomic E-state index is 11.8. The van der Waals surface area contributed by atoms with E-state index >= 15 is 0 Å². The van der Waals surface area contributed by atoms with Gasteiger partial charge in [-0.25, -0.2) is 4.98 Å². The number of rotatable bonds is 2. The van der Waals surface area contributed by atoms with Crippen molar-refractivity contribution in [3.05, 3.63) is 22.3 Å². The van der Waals surface area contributed by atoms with Crippen LogP contribution in [0.15, 0.2) is 16.7 Å². The van der Waals surface area contributed by atoms with Gasteiger partial charge in [0.25, 0.3) is 0 Å². The first-order valence-corrected chi connectivity index (χ1v) is 6.08. The molecule has 90 valence electrons. The maximum Gasteiger partial charge on any atom is 0.248 e. The highest BCUT2D eigenvalue weighted by atomic mass is 79.9. The molecule has 1 aromatic rings. The van der Waals surface area contributed by atoms with E-state index in [9.17, 15) is 9.59 Å². The van der Waals surface area contributed by atoms with Gasteiger partial charge in [-0.15, -0.1) is 0 Å². The van der Waals surface area contributed by atoms with E-state index < -0.39 is 6.04 Å². The number of aromatic nitrogens is 1. The second kappa shape index (κ2) is 4.83. The van der Waals surface area contributed by atoms with E-state index in [0.717, 1.165) is 10.0 Å². The van der Waals surface area contributed by atoms with Gasteiger partial charge in [0.2, 0.25) is 11.8 Å². The summed E-state index contributed by atoms with van der Waals surface area (Å²) in [7, 11) is 0. The van der Waals surface area contributed by atoms with Gasteiger partial charge in [-0.2, -0.15) is 0 Å². The molecule has 1 unspecified atom stereocenters. The van der Waals surface area contributed by atoms with Crippen molar-refractivity contribution in [1.29, 1.82) is 0 Å². The number of hydrogen-bond acceptors (Lipinski definition) is 3. The van der Waals surface area contributed by atoms with Crippen LogP contribution >= 0.6 is 15.9 Å². The molecule has 2 N–H and O–H groups in total. The number of aryl methyl sites for hydroxylation is 1. The van der Waals surface area contributed by atoms with E-state index in [1.807, 2.05) is 6.92 Å². The molecule has 1 saturated heterocycles. The summed E-state index contributed by atoms with van der Waals surface area (Å²) < 4.78 is 0.893. The number of nitrogens with zero attached hydrogens (tertiary/aromatic N) is 1. The van der Waals surface area contributed by atoms with Gasteiger partial charge in [-0.1, -0.05) is 0 Å². The molecule has 1 aliphatic heterocycles. The molecular formula is C11H12BrN3O2. The predicted molar refractivity (Wildman–Crippen MR) is 66.5 cm³/mol. The van der Waals surface area contributed by atoms with Crippen molar-refractivity contribution in [2.45, 2.75) is 25.8 Å². The molecule has 17 heavy (non-hydrogen) atoms. The lowest BCUT2D eigenvalue weighted by Gasteiger charge is -2.10. The van der Waals surface area contributed by atoms with E-state index in [2.05, 4.69) is 31.5 Å². The second-order valence-electron chi connectivity index (χ2n) is 3.97. The Balaban J connectivity index is 2.03. The SMILES string of the molecule is Cc1cc(NC(=O)C2CCC(=O)N2)ncc1Br. The number of pyridine rings is 1. The van der Waals surface area contributed by atoms with Crippen molar-refractivity contribution in [1.82, 2.24) is 10.3 Å². The fourth-order valence-electron chi connectivity index (χ4n) is 1.63. The molecule has 2 rings (SSSR count). The zero-order valence-electron chi connectivity index (χ0n) is 9.29. The Hall–Kier alpha value is -1.43. The van der Waals surface area contributed by atoms with Crippen LogP contribution in [-0.2, 0) is 9.59 Å². The molecule has 1 aliphatic rings. The Kier molecular flexibility index (Phi) is 3.42. The van der Waals surface area contributed by atoms with Gasteiger partial charge in [0.15, 0.2) is 0 Å². The fraction of sp³-hybridized carbons (Fsp3) is 0.364. The monoisotopic (exact) mass is 297 g/mol. The first kappa shape index (κ1) is 12.0. The van der Waals surface area contributed by atoms with E-state index in [4.69, 9.17) is 0 Å². The summed E-state index contributed by atoms with van der Waals surface area (Å²) in [6, 6.07) is 1.34. The molecule has 1 aromatic heterocycles. The molecule has 6 heteroatoms. The number of amides is 2. The van der Waals surface area contributed by atoms with Crippen LogP contribution in [0.5, 0.6) is 0 Å². The van der Waals surface area contributed by atoms with E-state index in [1.165, 1.54) is 0 Å². The summed E-state index contributed by atoms with van der Waals surface area (Å²) in [4.78, 5) is 26.9. The average molecular weight is 298 g/mol. The zero-order valence-corrected chi connectivity index (χ0v) is 10.9. The van der Waals surface area contributed by atoms with Gasteiger partial charge >= 0.3 is 0 Å². The third kappa shape index (κ3) is 2.82. The minimum atomic E-state index is -0.437. The van der Waals surface area contributed by atoms with Crippen molar-refractivity contribution in [2.24, 2.45) is 0 Å². The molecule has 0 aliphatic carbocycles. The zero-order chi connectivity index (χ0) is 12.4. The Morgan fingerprint density at radius 3 is 3.00 bits per heavy atom. The first-order valence-electron chi connectivity index (χ1n) is 5.28. The fourth-order valence-corrected chi connectivity index (χ4v) is 1.85. The Labute approximate surface area is 107 Å². The van der Waals surface area contributed by atoms with Crippen molar-refractivity contribution in [3.63, 3.8) is 0 Å². The van der Waals surface area contributed by atoms with Gasteiger partial charge in [0.1, 0.15) is 11.9 Å². The topological polar surface area (TPSA) is 71.1 Å². The van der Waals surface area contributed by atoms with Crippen LogP contribution in [0.1, 0.15) is 18.4 Å². The Morgan fingerprint density at radius 1 is 1.65 bits per heavy atom. The van der Waals surface area contributed by atoms with Crippen LogP contribution in [0.3, 0.4) is 0 Å². The molecule has 2 amide bonds. The van der Waals surface area contributed by atoms with Crippen molar-refractivity contribution < 1.29 is 9.59 Å². The molecule has 0 aromatic carbocycles. The van der Waals surface area contributed by atoms with E-state index in [-0.39, 0.29) is 11.8 Å². The van der Waals surface area contributed by atoms with Crippen LogP contribution in [-0.4, -0.2) is 22.8 Å². The predicted octanol–water partition coefficient (Wildman–Crippen LogP) is 1.37. The quantitative estimate of drug-likeness (QED) is 0.866. The molecule has 2 heterocycles. The highest BCUT2D eigenvalue weighted by Crippen LogP contribution is 2.17. The van der Waals surface area contributed by atoms with Crippen LogP contribution in [0.2, 0.25) is 0 Å². The number of anilines is 1. The number of halogens is 1. The lowest BCUT2D eigenvalue weighted by atomic mass is 10.2. The third-order valence-corrected chi connectivity index (χ3v) is 3.44. The summed E-state index contributed by atoms with van der Waals surface area (Å²) in [5, 5.41) is 5.30. The number of nitrogens with one attached hydrogen (secondary N) is 2.